The molecule has 0 aliphatic carbocycles. The Balaban J connectivity index is 1.43. The Morgan fingerprint density at radius 1 is 1.08 bits per heavy atom. The lowest BCUT2D eigenvalue weighted by molar-refractivity contribution is -0.204. The smallest absolute Gasteiger partial charge is 0.452 e. The van der Waals surface area contributed by atoms with Gasteiger partial charge >= 0.3 is 18.3 Å². The summed E-state index contributed by atoms with van der Waals surface area (Å²) in [5, 5.41) is 3.91. The van der Waals surface area contributed by atoms with Crippen molar-refractivity contribution in [2.75, 3.05) is 31.1 Å². The van der Waals surface area contributed by atoms with Crippen molar-refractivity contribution < 1.29 is 35.9 Å². The number of aromatic nitrogens is 2. The van der Waals surface area contributed by atoms with Crippen molar-refractivity contribution >= 4 is 23.5 Å². The van der Waals surface area contributed by atoms with Crippen LogP contribution in [0.4, 0.5) is 32.3 Å². The normalized spacial score (nSPS) is 21.6. The molecular weight excluding hydrogens is 540 g/mol. The van der Waals surface area contributed by atoms with Crippen LogP contribution in [-0.4, -0.2) is 71.4 Å². The first-order chi connectivity index (χ1) is 17.8. The fourth-order valence-corrected chi connectivity index (χ4v) is 4.80. The van der Waals surface area contributed by atoms with Gasteiger partial charge in [0.05, 0.1) is 12.6 Å². The maximum Gasteiger partial charge on any atom is 0.490 e. The molecule has 0 radical (unpaired) electrons. The number of piperidine rings is 1. The number of rotatable bonds is 6. The van der Waals surface area contributed by atoms with Gasteiger partial charge in [0, 0.05) is 29.8 Å². The van der Waals surface area contributed by atoms with E-state index in [-0.39, 0.29) is 30.8 Å². The molecule has 7 nitrogen and oxygen atoms in total. The summed E-state index contributed by atoms with van der Waals surface area (Å²) in [6.45, 7) is 3.22. The maximum absolute atomic E-state index is 13.3. The van der Waals surface area contributed by atoms with Crippen LogP contribution in [0.1, 0.15) is 29.8 Å². The Kier molecular flexibility index (Phi) is 8.38. The standard InChI is InChI=1S/C24H26ClF6N5O2/c1-14-10-20(23(26,27)28)34-22(32-14)36-12-18(19(13-36)38-21(37)24(29,30)31)33-17-6-8-35(9-7-17)11-15-2-4-16(25)5-3-15/h2-5,10,17-19,33H,6-9,11-13H2,1H3. The number of anilines is 1. The average Bonchev–Trinajstić information content (AvgIpc) is 3.22. The van der Waals surface area contributed by atoms with Crippen LogP contribution in [0.15, 0.2) is 30.3 Å². The van der Waals surface area contributed by atoms with Crippen molar-refractivity contribution in [1.82, 2.24) is 20.2 Å². The number of likely N-dealkylation sites (tertiary alicyclic amines) is 1. The number of hydrogen-bond acceptors (Lipinski definition) is 7. The molecule has 2 atom stereocenters. The number of aryl methyl sites for hydroxylation is 1. The van der Waals surface area contributed by atoms with Gasteiger partial charge in [-0.1, -0.05) is 23.7 Å². The van der Waals surface area contributed by atoms with E-state index in [0.29, 0.717) is 17.9 Å². The molecule has 2 unspecified atom stereocenters. The second kappa shape index (κ2) is 11.2. The number of benzene rings is 1. The number of halogens is 7. The zero-order valence-electron chi connectivity index (χ0n) is 20.3. The van der Waals surface area contributed by atoms with Gasteiger partial charge in [0.2, 0.25) is 5.95 Å². The summed E-state index contributed by atoms with van der Waals surface area (Å²) in [6, 6.07) is 7.46. The summed E-state index contributed by atoms with van der Waals surface area (Å²) >= 11 is 5.93. The van der Waals surface area contributed by atoms with E-state index in [1.807, 2.05) is 24.3 Å². The van der Waals surface area contributed by atoms with Gasteiger partial charge in [-0.05, 0) is 56.6 Å². The molecule has 14 heteroatoms. The van der Waals surface area contributed by atoms with Gasteiger partial charge in [-0.3, -0.25) is 4.90 Å². The first kappa shape index (κ1) is 28.4. The van der Waals surface area contributed by atoms with Crippen LogP contribution in [0.2, 0.25) is 5.02 Å². The number of esters is 1. The van der Waals surface area contributed by atoms with E-state index in [1.54, 1.807) is 0 Å². The molecule has 3 heterocycles. The fraction of sp³-hybridized carbons (Fsp3) is 0.542. The third-order valence-corrected chi connectivity index (χ3v) is 6.78. The predicted molar refractivity (Wildman–Crippen MR) is 127 cm³/mol. The Morgan fingerprint density at radius 2 is 1.74 bits per heavy atom. The predicted octanol–water partition coefficient (Wildman–Crippen LogP) is 4.37. The lowest BCUT2D eigenvalue weighted by atomic mass is 10.0. The number of alkyl halides is 6. The summed E-state index contributed by atoms with van der Waals surface area (Å²) in [5.41, 5.74) is -0.00770. The topological polar surface area (TPSA) is 70.6 Å². The minimum atomic E-state index is -5.20. The average molecular weight is 566 g/mol. The second-order valence-corrected chi connectivity index (χ2v) is 9.93. The number of ether oxygens (including phenoxy) is 1. The van der Waals surface area contributed by atoms with E-state index < -0.39 is 36.2 Å². The lowest BCUT2D eigenvalue weighted by Gasteiger charge is -2.34. The zero-order valence-corrected chi connectivity index (χ0v) is 21.1. The van der Waals surface area contributed by atoms with E-state index in [0.717, 1.165) is 31.3 Å². The van der Waals surface area contributed by atoms with Gasteiger partial charge < -0.3 is 15.0 Å². The van der Waals surface area contributed by atoms with E-state index in [4.69, 9.17) is 16.3 Å². The number of hydrogen-bond donors (Lipinski definition) is 1. The van der Waals surface area contributed by atoms with Crippen LogP contribution in [0.3, 0.4) is 0 Å². The van der Waals surface area contributed by atoms with Crippen molar-refractivity contribution in [3.05, 3.63) is 52.3 Å². The number of nitrogens with one attached hydrogen (secondary N) is 1. The molecule has 2 fully saturated rings. The largest absolute Gasteiger partial charge is 0.490 e. The minimum Gasteiger partial charge on any atom is -0.452 e. The summed E-state index contributed by atoms with van der Waals surface area (Å²) in [6.07, 6.45) is -9.81. The Bertz CT molecular complexity index is 1120. The van der Waals surface area contributed by atoms with Gasteiger partial charge in [0.25, 0.3) is 0 Å². The van der Waals surface area contributed by atoms with Crippen molar-refractivity contribution in [3.63, 3.8) is 0 Å². The molecule has 0 bridgehead atoms. The highest BCUT2D eigenvalue weighted by atomic mass is 35.5. The third-order valence-electron chi connectivity index (χ3n) is 6.53. The number of carbonyl (C=O) groups excluding carboxylic acids is 1. The quantitative estimate of drug-likeness (QED) is 0.412. The van der Waals surface area contributed by atoms with E-state index in [1.165, 1.54) is 11.8 Å². The molecule has 2 aliphatic rings. The monoisotopic (exact) mass is 565 g/mol. The van der Waals surface area contributed by atoms with Crippen LogP contribution in [-0.2, 0) is 22.3 Å². The molecule has 4 rings (SSSR count). The van der Waals surface area contributed by atoms with Crippen molar-refractivity contribution in [3.8, 4) is 0 Å². The molecule has 1 N–H and O–H groups in total. The molecule has 1 aromatic heterocycles. The summed E-state index contributed by atoms with van der Waals surface area (Å²) < 4.78 is 83.3. The molecule has 208 valence electrons. The van der Waals surface area contributed by atoms with Gasteiger partial charge in [-0.25, -0.2) is 14.8 Å². The molecule has 1 aromatic carbocycles. The summed E-state index contributed by atoms with van der Waals surface area (Å²) in [7, 11) is 0. The van der Waals surface area contributed by atoms with Crippen LogP contribution in [0.5, 0.6) is 0 Å². The lowest BCUT2D eigenvalue weighted by Crippen LogP contribution is -2.51. The molecule has 2 aliphatic heterocycles. The maximum atomic E-state index is 13.3. The van der Waals surface area contributed by atoms with Gasteiger partial charge in [-0.2, -0.15) is 26.3 Å². The Labute approximate surface area is 220 Å². The molecule has 2 saturated heterocycles. The van der Waals surface area contributed by atoms with Crippen molar-refractivity contribution in [1.29, 1.82) is 0 Å². The molecule has 2 aromatic rings. The van der Waals surface area contributed by atoms with E-state index in [2.05, 4.69) is 20.2 Å². The highest BCUT2D eigenvalue weighted by molar-refractivity contribution is 6.30. The minimum absolute atomic E-state index is 0.0262. The zero-order chi connectivity index (χ0) is 27.7. The highest BCUT2D eigenvalue weighted by Gasteiger charge is 2.46. The van der Waals surface area contributed by atoms with Gasteiger partial charge in [0.1, 0.15) is 11.8 Å². The molecule has 0 spiro atoms. The first-order valence-corrected chi connectivity index (χ1v) is 12.3. The summed E-state index contributed by atoms with van der Waals surface area (Å²) in [4.78, 5) is 22.7. The van der Waals surface area contributed by atoms with Crippen molar-refractivity contribution in [2.45, 2.75) is 56.9 Å². The van der Waals surface area contributed by atoms with Crippen LogP contribution in [0, 0.1) is 6.92 Å². The van der Waals surface area contributed by atoms with Crippen molar-refractivity contribution in [2.24, 2.45) is 0 Å². The SMILES string of the molecule is Cc1cc(C(F)(F)F)nc(N2CC(NC3CCN(Cc4ccc(Cl)cc4)CC3)C(OC(=O)C(F)(F)F)C2)n1. The summed E-state index contributed by atoms with van der Waals surface area (Å²) in [5.74, 6) is -2.64. The molecule has 0 amide bonds. The number of carbonyl (C=O) groups is 1. The van der Waals surface area contributed by atoms with Crippen LogP contribution >= 0.6 is 11.6 Å². The first-order valence-electron chi connectivity index (χ1n) is 12.0. The van der Waals surface area contributed by atoms with Gasteiger partial charge in [-0.15, -0.1) is 0 Å². The Morgan fingerprint density at radius 3 is 2.34 bits per heavy atom. The fourth-order valence-electron chi connectivity index (χ4n) is 4.67. The number of nitrogens with zero attached hydrogens (tertiary/aromatic N) is 4. The van der Waals surface area contributed by atoms with Crippen LogP contribution in [0.25, 0.3) is 0 Å². The Hall–Kier alpha value is -2.64. The molecule has 38 heavy (non-hydrogen) atoms. The van der Waals surface area contributed by atoms with Crippen LogP contribution < -0.4 is 10.2 Å². The highest BCUT2D eigenvalue weighted by Crippen LogP contribution is 2.31. The molecule has 0 saturated carbocycles. The van der Waals surface area contributed by atoms with E-state index >= 15 is 0 Å². The third kappa shape index (κ3) is 7.26. The van der Waals surface area contributed by atoms with Gasteiger partial charge in [0.15, 0.2) is 0 Å². The second-order valence-electron chi connectivity index (χ2n) is 9.49. The van der Waals surface area contributed by atoms with E-state index in [9.17, 15) is 31.1 Å². The molecular formula is C24H26ClF6N5O2.